The Morgan fingerprint density at radius 2 is 1.79 bits per heavy atom. The molecule has 2 aromatic carbocycles. The number of hydrogen-bond acceptors (Lipinski definition) is 8. The molecular formula is C24H24N6O4. The lowest BCUT2D eigenvalue weighted by Gasteiger charge is -2.36. The molecule has 10 heteroatoms. The van der Waals surface area contributed by atoms with Crippen LogP contribution >= 0.6 is 0 Å². The zero-order valence-corrected chi connectivity index (χ0v) is 18.8. The highest BCUT2D eigenvalue weighted by Gasteiger charge is 2.20. The van der Waals surface area contributed by atoms with Gasteiger partial charge in [0, 0.05) is 44.0 Å². The number of fused-ring (bicyclic) bond motifs is 2. The Bertz CT molecular complexity index is 1410. The van der Waals surface area contributed by atoms with Gasteiger partial charge < -0.3 is 24.0 Å². The highest BCUT2D eigenvalue weighted by molar-refractivity contribution is 5.55. The number of rotatable bonds is 5. The molecule has 2 aliphatic rings. The van der Waals surface area contributed by atoms with Crippen LogP contribution in [-0.2, 0) is 6.54 Å². The molecule has 0 atom stereocenters. The molecule has 0 unspecified atom stereocenters. The maximum absolute atomic E-state index is 12.8. The minimum absolute atomic E-state index is 0.218. The SMILES string of the molecule is COc1cccc(N2CCN(c3cc4nn(Cc5ccc6c(c5)OCO6)c(=O)n4cn3)CC2)c1. The Labute approximate surface area is 195 Å². The van der Waals surface area contributed by atoms with Crippen LogP contribution in [0.2, 0.25) is 0 Å². The smallest absolute Gasteiger partial charge is 0.351 e. The van der Waals surface area contributed by atoms with Gasteiger partial charge in [-0.15, -0.1) is 5.10 Å². The minimum atomic E-state index is -0.227. The quantitative estimate of drug-likeness (QED) is 0.447. The molecule has 0 aliphatic carbocycles. The summed E-state index contributed by atoms with van der Waals surface area (Å²) >= 11 is 0. The van der Waals surface area contributed by atoms with Gasteiger partial charge in [-0.3, -0.25) is 0 Å². The van der Waals surface area contributed by atoms with Gasteiger partial charge in [-0.1, -0.05) is 12.1 Å². The normalized spacial score (nSPS) is 15.2. The van der Waals surface area contributed by atoms with Crippen LogP contribution in [0, 0.1) is 0 Å². The molecule has 1 saturated heterocycles. The monoisotopic (exact) mass is 460 g/mol. The van der Waals surface area contributed by atoms with Gasteiger partial charge in [0.05, 0.1) is 13.7 Å². The third kappa shape index (κ3) is 3.66. The van der Waals surface area contributed by atoms with Crippen molar-refractivity contribution in [3.05, 3.63) is 70.9 Å². The summed E-state index contributed by atoms with van der Waals surface area (Å²) < 4.78 is 19.1. The van der Waals surface area contributed by atoms with Crippen LogP contribution in [0.5, 0.6) is 17.2 Å². The lowest BCUT2D eigenvalue weighted by atomic mass is 10.2. The topological polar surface area (TPSA) is 86.4 Å². The molecule has 0 spiro atoms. The fourth-order valence-corrected chi connectivity index (χ4v) is 4.40. The van der Waals surface area contributed by atoms with Crippen molar-refractivity contribution in [2.75, 3.05) is 49.9 Å². The zero-order chi connectivity index (χ0) is 23.1. The van der Waals surface area contributed by atoms with E-state index in [9.17, 15) is 4.79 Å². The molecule has 4 heterocycles. The molecule has 0 N–H and O–H groups in total. The number of ether oxygens (including phenoxy) is 3. The van der Waals surface area contributed by atoms with E-state index in [0.29, 0.717) is 23.7 Å². The van der Waals surface area contributed by atoms with Crippen molar-refractivity contribution in [1.82, 2.24) is 19.2 Å². The van der Waals surface area contributed by atoms with Gasteiger partial charge in [-0.2, -0.15) is 0 Å². The van der Waals surface area contributed by atoms with Gasteiger partial charge >= 0.3 is 5.69 Å². The van der Waals surface area contributed by atoms with Crippen molar-refractivity contribution in [2.24, 2.45) is 0 Å². The van der Waals surface area contributed by atoms with E-state index in [-0.39, 0.29) is 12.5 Å². The fraction of sp³-hybridized carbons (Fsp3) is 0.292. The summed E-state index contributed by atoms with van der Waals surface area (Å²) in [5.74, 6) is 3.07. The molecule has 6 rings (SSSR count). The van der Waals surface area contributed by atoms with Crippen molar-refractivity contribution in [3.8, 4) is 17.2 Å². The van der Waals surface area contributed by atoms with Gasteiger partial charge in [0.2, 0.25) is 6.79 Å². The van der Waals surface area contributed by atoms with Crippen molar-refractivity contribution in [2.45, 2.75) is 6.54 Å². The van der Waals surface area contributed by atoms with Crippen molar-refractivity contribution in [3.63, 3.8) is 0 Å². The van der Waals surface area contributed by atoms with Crippen LogP contribution < -0.4 is 29.7 Å². The second-order valence-corrected chi connectivity index (χ2v) is 8.28. The summed E-state index contributed by atoms with van der Waals surface area (Å²) in [5.41, 5.74) is 2.41. The summed E-state index contributed by atoms with van der Waals surface area (Å²) in [4.78, 5) is 21.9. The largest absolute Gasteiger partial charge is 0.497 e. The van der Waals surface area contributed by atoms with Gasteiger partial charge in [0.15, 0.2) is 17.1 Å². The van der Waals surface area contributed by atoms with E-state index in [2.05, 4.69) is 32.0 Å². The van der Waals surface area contributed by atoms with Crippen LogP contribution in [0.1, 0.15) is 5.56 Å². The van der Waals surface area contributed by atoms with Crippen LogP contribution in [-0.4, -0.2) is 59.2 Å². The number of aromatic nitrogens is 4. The second-order valence-electron chi connectivity index (χ2n) is 8.28. The summed E-state index contributed by atoms with van der Waals surface area (Å²) in [6.45, 7) is 3.93. The lowest BCUT2D eigenvalue weighted by molar-refractivity contribution is 0.174. The van der Waals surface area contributed by atoms with E-state index in [1.807, 2.05) is 36.4 Å². The zero-order valence-electron chi connectivity index (χ0n) is 18.8. The van der Waals surface area contributed by atoms with E-state index >= 15 is 0 Å². The Morgan fingerprint density at radius 3 is 2.65 bits per heavy atom. The highest BCUT2D eigenvalue weighted by atomic mass is 16.7. The highest BCUT2D eigenvalue weighted by Crippen LogP contribution is 2.32. The molecule has 2 aliphatic heterocycles. The Hall–Kier alpha value is -4.21. The molecule has 0 bridgehead atoms. The second kappa shape index (κ2) is 8.29. The third-order valence-electron chi connectivity index (χ3n) is 6.25. The van der Waals surface area contributed by atoms with E-state index in [1.165, 1.54) is 9.08 Å². The molecule has 0 radical (unpaired) electrons. The molecule has 4 aromatic rings. The number of methoxy groups -OCH3 is 1. The van der Waals surface area contributed by atoms with E-state index in [4.69, 9.17) is 14.2 Å². The Kier molecular flexibility index (Phi) is 4.97. The summed E-state index contributed by atoms with van der Waals surface area (Å²) in [7, 11) is 1.68. The first-order chi connectivity index (χ1) is 16.7. The summed E-state index contributed by atoms with van der Waals surface area (Å²) in [6, 6.07) is 15.6. The molecule has 2 aromatic heterocycles. The fourth-order valence-electron chi connectivity index (χ4n) is 4.40. The van der Waals surface area contributed by atoms with Crippen LogP contribution in [0.25, 0.3) is 5.65 Å². The van der Waals surface area contributed by atoms with Crippen molar-refractivity contribution in [1.29, 1.82) is 0 Å². The number of nitrogens with zero attached hydrogens (tertiary/aromatic N) is 6. The maximum atomic E-state index is 12.8. The summed E-state index contributed by atoms with van der Waals surface area (Å²) in [5, 5.41) is 4.54. The van der Waals surface area contributed by atoms with Crippen molar-refractivity contribution >= 4 is 17.2 Å². The van der Waals surface area contributed by atoms with Gasteiger partial charge in [0.25, 0.3) is 0 Å². The molecule has 10 nitrogen and oxygen atoms in total. The van der Waals surface area contributed by atoms with Gasteiger partial charge in [0.1, 0.15) is 17.9 Å². The molecule has 0 amide bonds. The summed E-state index contributed by atoms with van der Waals surface area (Å²) in [6.07, 6.45) is 1.56. The molecule has 174 valence electrons. The predicted molar refractivity (Wildman–Crippen MR) is 126 cm³/mol. The Balaban J connectivity index is 1.18. The molecular weight excluding hydrogens is 436 g/mol. The molecule has 1 fully saturated rings. The first-order valence-corrected chi connectivity index (χ1v) is 11.2. The van der Waals surface area contributed by atoms with Crippen LogP contribution in [0.4, 0.5) is 11.5 Å². The first kappa shape index (κ1) is 20.4. The third-order valence-corrected chi connectivity index (χ3v) is 6.25. The van der Waals surface area contributed by atoms with Gasteiger partial charge in [-0.25, -0.2) is 18.9 Å². The van der Waals surface area contributed by atoms with Crippen LogP contribution in [0.15, 0.2) is 59.7 Å². The minimum Gasteiger partial charge on any atom is -0.497 e. The standard InChI is InChI=1S/C24H24N6O4/c1-32-19-4-2-3-18(12-19)27-7-9-28(10-8-27)22-13-23-26-30(24(31)29(23)15-25-22)14-17-5-6-20-21(11-17)34-16-33-20/h2-6,11-13,15H,7-10,14,16H2,1H3. The molecule has 0 saturated carbocycles. The van der Waals surface area contributed by atoms with E-state index in [1.54, 1.807) is 13.4 Å². The number of hydrogen-bond donors (Lipinski definition) is 0. The first-order valence-electron chi connectivity index (χ1n) is 11.2. The Morgan fingerprint density at radius 1 is 0.971 bits per heavy atom. The van der Waals surface area contributed by atoms with Gasteiger partial charge in [-0.05, 0) is 29.8 Å². The van der Waals surface area contributed by atoms with Crippen LogP contribution in [0.3, 0.4) is 0 Å². The number of benzene rings is 2. The molecule has 34 heavy (non-hydrogen) atoms. The van der Waals surface area contributed by atoms with E-state index in [0.717, 1.165) is 49.0 Å². The number of piperazine rings is 1. The number of anilines is 2. The predicted octanol–water partition coefficient (Wildman–Crippen LogP) is 2.00. The van der Waals surface area contributed by atoms with Crippen molar-refractivity contribution < 1.29 is 14.2 Å². The average molecular weight is 460 g/mol. The maximum Gasteiger partial charge on any atom is 0.351 e. The average Bonchev–Trinajstić information content (AvgIpc) is 3.48. The lowest BCUT2D eigenvalue weighted by Crippen LogP contribution is -2.46. The van der Waals surface area contributed by atoms with E-state index < -0.39 is 0 Å².